The van der Waals surface area contributed by atoms with E-state index >= 15 is 0 Å². The first-order chi connectivity index (χ1) is 6.72. The van der Waals surface area contributed by atoms with Gasteiger partial charge in [0.15, 0.2) is 0 Å². The summed E-state index contributed by atoms with van der Waals surface area (Å²) in [6.45, 7) is 5.32. The van der Waals surface area contributed by atoms with E-state index in [9.17, 15) is 5.11 Å². The van der Waals surface area contributed by atoms with Crippen LogP contribution >= 0.6 is 0 Å². The molecule has 0 aromatic heterocycles. The van der Waals surface area contributed by atoms with Crippen LogP contribution in [0.15, 0.2) is 0 Å². The van der Waals surface area contributed by atoms with Crippen molar-refractivity contribution in [2.75, 3.05) is 6.61 Å². The van der Waals surface area contributed by atoms with E-state index in [4.69, 9.17) is 4.74 Å². The van der Waals surface area contributed by atoms with Gasteiger partial charge in [-0.25, -0.2) is 0 Å². The minimum atomic E-state index is -0.0794. The van der Waals surface area contributed by atoms with Gasteiger partial charge in [0, 0.05) is 0 Å². The van der Waals surface area contributed by atoms with Gasteiger partial charge in [0.05, 0.1) is 18.8 Å². The zero-order chi connectivity index (χ0) is 10.4. The van der Waals surface area contributed by atoms with Gasteiger partial charge in [-0.1, -0.05) is 26.7 Å². The Labute approximate surface area is 87.7 Å². The van der Waals surface area contributed by atoms with E-state index in [1.165, 1.54) is 25.7 Å². The van der Waals surface area contributed by atoms with Crippen molar-refractivity contribution >= 4 is 0 Å². The molecule has 0 saturated carbocycles. The van der Waals surface area contributed by atoms with Crippen LogP contribution in [0.4, 0.5) is 0 Å². The van der Waals surface area contributed by atoms with Gasteiger partial charge >= 0.3 is 0 Å². The monoisotopic (exact) mass is 200 g/mol. The highest BCUT2D eigenvalue weighted by atomic mass is 16.6. The highest BCUT2D eigenvalue weighted by Crippen LogP contribution is 2.21. The minimum absolute atomic E-state index is 0.0794. The molecule has 1 heterocycles. The first-order valence-electron chi connectivity index (χ1n) is 6.02. The highest BCUT2D eigenvalue weighted by molar-refractivity contribution is 4.69. The summed E-state index contributed by atoms with van der Waals surface area (Å²) in [5.41, 5.74) is 0. The molecule has 0 aromatic rings. The molecule has 1 aliphatic rings. The van der Waals surface area contributed by atoms with Crippen LogP contribution < -0.4 is 0 Å². The molecule has 0 radical (unpaired) electrons. The number of aliphatic hydroxyl groups is 1. The lowest BCUT2D eigenvalue weighted by Crippen LogP contribution is -2.07. The van der Waals surface area contributed by atoms with Crippen LogP contribution in [0.5, 0.6) is 0 Å². The zero-order valence-electron chi connectivity index (χ0n) is 9.54. The van der Waals surface area contributed by atoms with Crippen LogP contribution in [0.3, 0.4) is 0 Å². The lowest BCUT2D eigenvalue weighted by Gasteiger charge is -2.13. The lowest BCUT2D eigenvalue weighted by atomic mass is 9.96. The standard InChI is InChI=1S/C12H24O2/c1-3-11(13)8-7-10(2)5-4-6-12-9-14-12/h10-13H,3-9H2,1-2H3/t10-,11-,12+/m0/s1. The van der Waals surface area contributed by atoms with Crippen LogP contribution in [0.2, 0.25) is 0 Å². The van der Waals surface area contributed by atoms with Crippen LogP contribution in [0.25, 0.3) is 0 Å². The Balaban J connectivity index is 1.89. The van der Waals surface area contributed by atoms with Crippen molar-refractivity contribution in [3.63, 3.8) is 0 Å². The number of ether oxygens (including phenoxy) is 1. The second-order valence-corrected chi connectivity index (χ2v) is 4.63. The molecule has 1 N–H and O–H groups in total. The van der Waals surface area contributed by atoms with Crippen LogP contribution in [-0.4, -0.2) is 23.9 Å². The van der Waals surface area contributed by atoms with Gasteiger partial charge < -0.3 is 9.84 Å². The van der Waals surface area contributed by atoms with Gasteiger partial charge in [0.25, 0.3) is 0 Å². The normalized spacial score (nSPS) is 24.6. The molecule has 0 aromatic carbocycles. The van der Waals surface area contributed by atoms with Crippen LogP contribution in [0.1, 0.15) is 52.4 Å². The lowest BCUT2D eigenvalue weighted by molar-refractivity contribution is 0.150. The molecule has 0 amide bonds. The third-order valence-electron chi connectivity index (χ3n) is 3.09. The van der Waals surface area contributed by atoms with Crippen molar-refractivity contribution in [1.82, 2.24) is 0 Å². The largest absolute Gasteiger partial charge is 0.393 e. The number of hydrogen-bond acceptors (Lipinski definition) is 2. The minimum Gasteiger partial charge on any atom is -0.393 e. The Morgan fingerprint density at radius 1 is 1.36 bits per heavy atom. The molecule has 84 valence electrons. The van der Waals surface area contributed by atoms with Crippen molar-refractivity contribution < 1.29 is 9.84 Å². The third-order valence-corrected chi connectivity index (χ3v) is 3.09. The summed E-state index contributed by atoms with van der Waals surface area (Å²) >= 11 is 0. The molecule has 1 fully saturated rings. The molecule has 2 heteroatoms. The molecule has 1 rings (SSSR count). The molecule has 1 aliphatic heterocycles. The summed E-state index contributed by atoms with van der Waals surface area (Å²) in [4.78, 5) is 0. The van der Waals surface area contributed by atoms with Gasteiger partial charge in [-0.2, -0.15) is 0 Å². The topological polar surface area (TPSA) is 32.8 Å². The van der Waals surface area contributed by atoms with Gasteiger partial charge in [0.1, 0.15) is 0 Å². The summed E-state index contributed by atoms with van der Waals surface area (Å²) < 4.78 is 5.17. The van der Waals surface area contributed by atoms with Crippen LogP contribution in [-0.2, 0) is 4.74 Å². The average molecular weight is 200 g/mol. The predicted octanol–water partition coefficient (Wildman–Crippen LogP) is 2.74. The number of hydrogen-bond donors (Lipinski definition) is 1. The smallest absolute Gasteiger partial charge is 0.0810 e. The quantitative estimate of drug-likeness (QED) is 0.611. The maximum absolute atomic E-state index is 9.41. The predicted molar refractivity (Wildman–Crippen MR) is 58.3 cm³/mol. The first kappa shape index (κ1) is 12.0. The fourth-order valence-electron chi connectivity index (χ4n) is 1.75. The summed E-state index contributed by atoms with van der Waals surface area (Å²) in [6.07, 6.45) is 7.35. The fourth-order valence-corrected chi connectivity index (χ4v) is 1.75. The zero-order valence-corrected chi connectivity index (χ0v) is 9.54. The molecular formula is C12H24O2. The maximum Gasteiger partial charge on any atom is 0.0810 e. The van der Waals surface area contributed by atoms with Crippen molar-refractivity contribution in [3.8, 4) is 0 Å². The highest BCUT2D eigenvalue weighted by Gasteiger charge is 2.21. The average Bonchev–Trinajstić information content (AvgIpc) is 2.98. The third kappa shape index (κ3) is 5.61. The van der Waals surface area contributed by atoms with E-state index in [2.05, 4.69) is 6.92 Å². The number of rotatable bonds is 8. The Morgan fingerprint density at radius 3 is 2.64 bits per heavy atom. The molecule has 0 bridgehead atoms. The molecule has 14 heavy (non-hydrogen) atoms. The molecule has 0 unspecified atom stereocenters. The first-order valence-corrected chi connectivity index (χ1v) is 6.02. The molecule has 2 nitrogen and oxygen atoms in total. The molecule has 3 atom stereocenters. The summed E-state index contributed by atoms with van der Waals surface area (Å²) in [5, 5.41) is 9.41. The molecular weight excluding hydrogens is 176 g/mol. The van der Waals surface area contributed by atoms with Crippen molar-refractivity contribution in [3.05, 3.63) is 0 Å². The van der Waals surface area contributed by atoms with E-state index in [0.29, 0.717) is 6.10 Å². The Kier molecular flexibility index (Phi) is 5.49. The van der Waals surface area contributed by atoms with E-state index < -0.39 is 0 Å². The van der Waals surface area contributed by atoms with Gasteiger partial charge in [-0.3, -0.25) is 0 Å². The summed E-state index contributed by atoms with van der Waals surface area (Å²) in [7, 11) is 0. The SMILES string of the molecule is CC[C@H](O)CC[C@@H](C)CCC[C@@H]1CO1. The molecule has 0 aliphatic carbocycles. The number of epoxide rings is 1. The van der Waals surface area contributed by atoms with E-state index in [-0.39, 0.29) is 6.10 Å². The van der Waals surface area contributed by atoms with Gasteiger partial charge in [-0.15, -0.1) is 0 Å². The van der Waals surface area contributed by atoms with E-state index in [0.717, 1.165) is 25.4 Å². The summed E-state index contributed by atoms with van der Waals surface area (Å²) in [6, 6.07) is 0. The number of aliphatic hydroxyl groups excluding tert-OH is 1. The van der Waals surface area contributed by atoms with Gasteiger partial charge in [0.2, 0.25) is 0 Å². The fraction of sp³-hybridized carbons (Fsp3) is 1.00. The molecule has 0 spiro atoms. The van der Waals surface area contributed by atoms with E-state index in [1.54, 1.807) is 0 Å². The Morgan fingerprint density at radius 2 is 2.07 bits per heavy atom. The van der Waals surface area contributed by atoms with Gasteiger partial charge in [-0.05, 0) is 31.6 Å². The molecule has 1 saturated heterocycles. The second kappa shape index (κ2) is 6.41. The Bertz CT molecular complexity index is 143. The van der Waals surface area contributed by atoms with Crippen molar-refractivity contribution in [2.24, 2.45) is 5.92 Å². The maximum atomic E-state index is 9.41. The van der Waals surface area contributed by atoms with E-state index in [1.807, 2.05) is 6.92 Å². The van der Waals surface area contributed by atoms with Crippen LogP contribution in [0, 0.1) is 5.92 Å². The van der Waals surface area contributed by atoms with Crippen molar-refractivity contribution in [2.45, 2.75) is 64.6 Å². The summed E-state index contributed by atoms with van der Waals surface area (Å²) in [5.74, 6) is 0.759. The second-order valence-electron chi connectivity index (χ2n) is 4.63. The Hall–Kier alpha value is -0.0800. The van der Waals surface area contributed by atoms with Crippen molar-refractivity contribution in [1.29, 1.82) is 0 Å².